The molecule has 29 heavy (non-hydrogen) atoms. The summed E-state index contributed by atoms with van der Waals surface area (Å²) < 4.78 is 5.25. The van der Waals surface area contributed by atoms with Crippen LogP contribution in [0.15, 0.2) is 47.6 Å². The second-order valence-electron chi connectivity index (χ2n) is 6.63. The normalized spacial score (nSPS) is 20.8. The van der Waals surface area contributed by atoms with Crippen molar-refractivity contribution in [3.05, 3.63) is 63.2 Å². The predicted molar refractivity (Wildman–Crippen MR) is 103 cm³/mol. The number of methoxy groups -OCH3 is 1. The molecule has 2 aromatic carbocycles. The number of anilines is 1. The summed E-state index contributed by atoms with van der Waals surface area (Å²) in [6.45, 7) is 0. The molecule has 2 aliphatic heterocycles. The number of rotatable bonds is 4. The van der Waals surface area contributed by atoms with Gasteiger partial charge in [0.1, 0.15) is 5.75 Å². The number of ether oxygens (including phenoxy) is 1. The fraction of sp³-hybridized carbons (Fsp3) is 0.211. The summed E-state index contributed by atoms with van der Waals surface area (Å²) in [5.74, 6) is -0.706. The van der Waals surface area contributed by atoms with Crippen LogP contribution in [-0.2, 0) is 14.4 Å². The Bertz CT molecular complexity index is 1070. The van der Waals surface area contributed by atoms with Gasteiger partial charge in [0, 0.05) is 23.6 Å². The number of hydrogen-bond acceptors (Lipinski definition) is 7. The number of non-ortho nitro benzene ring substituents is 1. The van der Waals surface area contributed by atoms with E-state index in [1.807, 2.05) is 0 Å². The van der Waals surface area contributed by atoms with Crippen molar-refractivity contribution >= 4 is 40.5 Å². The van der Waals surface area contributed by atoms with Crippen molar-refractivity contribution < 1.29 is 24.1 Å². The standard InChI is InChI=1S/C19H14ClN3O6/c1-28-16-7-4-12(20)8-15(16)22-17(24)10-19(18(22)25)9-14(21-29-19)11-2-5-13(6-3-11)23(26)27/h2-8H,9-10H2,1H3. The van der Waals surface area contributed by atoms with Crippen molar-refractivity contribution in [1.29, 1.82) is 0 Å². The van der Waals surface area contributed by atoms with Gasteiger partial charge in [-0.3, -0.25) is 19.7 Å². The molecule has 1 saturated heterocycles. The number of hydrogen-bond donors (Lipinski definition) is 0. The van der Waals surface area contributed by atoms with E-state index >= 15 is 0 Å². The monoisotopic (exact) mass is 415 g/mol. The zero-order valence-corrected chi connectivity index (χ0v) is 15.9. The van der Waals surface area contributed by atoms with Gasteiger partial charge in [-0.25, -0.2) is 4.90 Å². The fourth-order valence-corrected chi connectivity index (χ4v) is 3.58. The van der Waals surface area contributed by atoms with Gasteiger partial charge in [0.05, 0.1) is 29.9 Å². The summed E-state index contributed by atoms with van der Waals surface area (Å²) in [4.78, 5) is 42.6. The fourth-order valence-electron chi connectivity index (χ4n) is 3.41. The maximum atomic E-state index is 13.2. The number of halogens is 1. The van der Waals surface area contributed by atoms with Crippen LogP contribution in [-0.4, -0.2) is 35.2 Å². The number of carbonyl (C=O) groups is 2. The highest BCUT2D eigenvalue weighted by molar-refractivity contribution is 6.32. The van der Waals surface area contributed by atoms with Gasteiger partial charge in [0.15, 0.2) is 0 Å². The minimum absolute atomic E-state index is 0.0608. The first-order valence-corrected chi connectivity index (χ1v) is 8.93. The topological polar surface area (TPSA) is 111 Å². The molecule has 10 heteroatoms. The predicted octanol–water partition coefficient (Wildman–Crippen LogP) is 3.08. The molecule has 2 heterocycles. The number of carbonyl (C=O) groups excluding carboxylic acids is 2. The molecule has 9 nitrogen and oxygen atoms in total. The summed E-state index contributed by atoms with van der Waals surface area (Å²) in [6, 6.07) is 10.4. The van der Waals surface area contributed by atoms with Crippen LogP contribution < -0.4 is 9.64 Å². The summed E-state index contributed by atoms with van der Waals surface area (Å²) in [6.07, 6.45) is -0.129. The molecule has 0 radical (unpaired) electrons. The molecule has 2 amide bonds. The van der Waals surface area contributed by atoms with Gasteiger partial charge in [-0.2, -0.15) is 0 Å². The Morgan fingerprint density at radius 1 is 1.21 bits per heavy atom. The molecule has 1 spiro atoms. The summed E-state index contributed by atoms with van der Waals surface area (Å²) in [5.41, 5.74) is -0.275. The average molecular weight is 416 g/mol. The second kappa shape index (κ2) is 6.85. The summed E-state index contributed by atoms with van der Waals surface area (Å²) in [5, 5.41) is 15.1. The first-order chi connectivity index (χ1) is 13.8. The van der Waals surface area contributed by atoms with Crippen LogP contribution in [0, 0.1) is 10.1 Å². The van der Waals surface area contributed by atoms with Crippen LogP contribution in [0.1, 0.15) is 18.4 Å². The van der Waals surface area contributed by atoms with Crippen LogP contribution in [0.25, 0.3) is 0 Å². The maximum absolute atomic E-state index is 13.2. The van der Waals surface area contributed by atoms with Crippen LogP contribution >= 0.6 is 11.6 Å². The SMILES string of the molecule is COc1ccc(Cl)cc1N1C(=O)CC2(CC(c3ccc([N+](=O)[O-])cc3)=NO2)C1=O. The van der Waals surface area contributed by atoms with E-state index in [4.69, 9.17) is 21.2 Å². The lowest BCUT2D eigenvalue weighted by atomic mass is 9.92. The number of nitro groups is 1. The molecular weight excluding hydrogens is 402 g/mol. The third-order valence-corrected chi connectivity index (χ3v) is 5.09. The van der Waals surface area contributed by atoms with Crippen LogP contribution in [0.2, 0.25) is 5.02 Å². The molecule has 0 bridgehead atoms. The number of nitro benzene ring substituents is 1. The minimum atomic E-state index is -1.46. The first kappa shape index (κ1) is 18.9. The maximum Gasteiger partial charge on any atom is 0.281 e. The van der Waals surface area contributed by atoms with Crippen molar-refractivity contribution in [3.8, 4) is 5.75 Å². The quantitative estimate of drug-likeness (QED) is 0.431. The average Bonchev–Trinajstić information content (AvgIpc) is 3.23. The van der Waals surface area contributed by atoms with E-state index in [1.165, 1.54) is 37.4 Å². The van der Waals surface area contributed by atoms with Gasteiger partial charge in [0.25, 0.3) is 11.6 Å². The molecule has 0 aromatic heterocycles. The Labute approximate surface area is 169 Å². The van der Waals surface area contributed by atoms with E-state index < -0.39 is 22.3 Å². The lowest BCUT2D eigenvalue weighted by Crippen LogP contribution is -2.41. The second-order valence-corrected chi connectivity index (χ2v) is 7.07. The zero-order valence-electron chi connectivity index (χ0n) is 15.1. The third kappa shape index (κ3) is 3.09. The third-order valence-electron chi connectivity index (χ3n) is 4.86. The van der Waals surface area contributed by atoms with Gasteiger partial charge in [0.2, 0.25) is 11.5 Å². The smallest absolute Gasteiger partial charge is 0.281 e. The number of benzene rings is 2. The number of imide groups is 1. The zero-order chi connectivity index (χ0) is 20.8. The van der Waals surface area contributed by atoms with E-state index in [1.54, 1.807) is 12.1 Å². The molecular formula is C19H14ClN3O6. The Morgan fingerprint density at radius 2 is 1.93 bits per heavy atom. The van der Waals surface area contributed by atoms with Crippen molar-refractivity contribution in [2.45, 2.75) is 18.4 Å². The number of nitrogens with zero attached hydrogens (tertiary/aromatic N) is 3. The van der Waals surface area contributed by atoms with Crippen LogP contribution in [0.3, 0.4) is 0 Å². The molecule has 148 valence electrons. The highest BCUT2D eigenvalue weighted by atomic mass is 35.5. The molecule has 1 fully saturated rings. The molecule has 0 aliphatic carbocycles. The van der Waals surface area contributed by atoms with Crippen molar-refractivity contribution in [2.75, 3.05) is 12.0 Å². The minimum Gasteiger partial charge on any atom is -0.495 e. The number of amides is 2. The lowest BCUT2D eigenvalue weighted by molar-refractivity contribution is -0.384. The molecule has 2 aromatic rings. The van der Waals surface area contributed by atoms with E-state index in [9.17, 15) is 19.7 Å². The van der Waals surface area contributed by atoms with E-state index in [0.717, 1.165) is 4.90 Å². The van der Waals surface area contributed by atoms with Crippen LogP contribution in [0.4, 0.5) is 11.4 Å². The highest BCUT2D eigenvalue weighted by Crippen LogP contribution is 2.42. The van der Waals surface area contributed by atoms with E-state index in [0.29, 0.717) is 22.0 Å². The van der Waals surface area contributed by atoms with E-state index in [2.05, 4.69) is 5.16 Å². The molecule has 1 unspecified atom stereocenters. The molecule has 0 N–H and O–H groups in total. The van der Waals surface area contributed by atoms with Crippen LogP contribution in [0.5, 0.6) is 5.75 Å². The first-order valence-electron chi connectivity index (χ1n) is 8.55. The van der Waals surface area contributed by atoms with Crippen molar-refractivity contribution in [1.82, 2.24) is 0 Å². The van der Waals surface area contributed by atoms with E-state index in [-0.39, 0.29) is 24.2 Å². The Balaban J connectivity index is 1.61. The molecule has 0 saturated carbocycles. The van der Waals surface area contributed by atoms with Gasteiger partial charge in [-0.05, 0) is 35.9 Å². The molecule has 2 aliphatic rings. The van der Waals surface area contributed by atoms with Crippen molar-refractivity contribution in [3.63, 3.8) is 0 Å². The molecule has 4 rings (SSSR count). The largest absolute Gasteiger partial charge is 0.495 e. The van der Waals surface area contributed by atoms with Crippen molar-refractivity contribution in [2.24, 2.45) is 5.16 Å². The highest BCUT2D eigenvalue weighted by Gasteiger charge is 2.58. The Hall–Kier alpha value is -3.46. The van der Waals surface area contributed by atoms with Gasteiger partial charge in [-0.15, -0.1) is 0 Å². The molecule has 1 atom stereocenters. The Kier molecular flexibility index (Phi) is 4.46. The van der Waals surface area contributed by atoms with Gasteiger partial charge < -0.3 is 9.57 Å². The lowest BCUT2D eigenvalue weighted by Gasteiger charge is -2.21. The number of oxime groups is 1. The van der Waals surface area contributed by atoms with Gasteiger partial charge >= 0.3 is 0 Å². The summed E-state index contributed by atoms with van der Waals surface area (Å²) in [7, 11) is 1.43. The van der Waals surface area contributed by atoms with Gasteiger partial charge in [-0.1, -0.05) is 16.8 Å². The summed E-state index contributed by atoms with van der Waals surface area (Å²) >= 11 is 6.03. The Morgan fingerprint density at radius 3 is 2.59 bits per heavy atom.